The number of benzene rings is 1. The van der Waals surface area contributed by atoms with Crippen molar-refractivity contribution in [3.63, 3.8) is 0 Å². The average Bonchev–Trinajstić information content (AvgIpc) is 2.51. The molecule has 0 atom stereocenters. The van der Waals surface area contributed by atoms with Crippen LogP contribution >= 0.6 is 0 Å². The van der Waals surface area contributed by atoms with Crippen LogP contribution in [0.3, 0.4) is 0 Å². The van der Waals surface area contributed by atoms with E-state index in [1.54, 1.807) is 18.7 Å². The van der Waals surface area contributed by atoms with Crippen LogP contribution in [0.5, 0.6) is 0 Å². The predicted molar refractivity (Wildman–Crippen MR) is 82.8 cm³/mol. The molecule has 0 N–H and O–H groups in total. The molecule has 0 heterocycles. The molecule has 1 aromatic rings. The highest BCUT2D eigenvalue weighted by Crippen LogP contribution is 2.36. The summed E-state index contributed by atoms with van der Waals surface area (Å²) in [4.78, 5) is 5.48. The minimum atomic E-state index is -4.83. The number of aliphatic imine (C=N–C) groups is 1. The maximum absolute atomic E-state index is 12.8. The summed E-state index contributed by atoms with van der Waals surface area (Å²) in [7, 11) is 0. The largest absolute Gasteiger partial charge is 0.416 e. The molecule has 1 aromatic carbocycles. The van der Waals surface area contributed by atoms with Gasteiger partial charge in [0.1, 0.15) is 0 Å². The second-order valence-corrected chi connectivity index (χ2v) is 4.59. The second kappa shape index (κ2) is 9.34. The molecule has 0 spiro atoms. The molecule has 0 aliphatic carbocycles. The summed E-state index contributed by atoms with van der Waals surface area (Å²) in [5.74, 6) is 0. The Morgan fingerprint density at radius 1 is 0.958 bits per heavy atom. The van der Waals surface area contributed by atoms with Crippen molar-refractivity contribution in [1.82, 2.24) is 4.90 Å². The molecule has 0 saturated carbocycles. The van der Waals surface area contributed by atoms with E-state index in [2.05, 4.69) is 18.2 Å². The number of nitrogens with zero attached hydrogens (tertiary/aromatic N) is 2. The zero-order valence-electron chi connectivity index (χ0n) is 13.5. The fraction of sp³-hybridized carbons (Fsp3) is 0.438. The fourth-order valence-electron chi connectivity index (χ4n) is 1.78. The van der Waals surface area contributed by atoms with Crippen molar-refractivity contribution in [2.45, 2.75) is 32.7 Å². The van der Waals surface area contributed by atoms with Crippen LogP contribution in [0.15, 0.2) is 36.3 Å². The Balaban J connectivity index is 0.00000254. The van der Waals surface area contributed by atoms with Gasteiger partial charge in [-0.15, -0.1) is 13.2 Å². The Labute approximate surface area is 137 Å². The van der Waals surface area contributed by atoms with E-state index in [1.807, 2.05) is 0 Å². The van der Waals surface area contributed by atoms with Gasteiger partial charge in [0, 0.05) is 19.6 Å². The third-order valence-corrected chi connectivity index (χ3v) is 2.87. The summed E-state index contributed by atoms with van der Waals surface area (Å²) in [6.45, 7) is 10.3. The topological polar surface area (TPSA) is 15.6 Å². The monoisotopic (exact) mass is 354 g/mol. The second-order valence-electron chi connectivity index (χ2n) is 4.59. The molecule has 0 fully saturated rings. The standard InChI is InChI=1S/C14H16F6N2.C2H4/c1-3-21-9-22(4-2)8-10-5-11(13(15,16)17)7-12(6-10)14(18,19)20;1-2/h5-7,9H,3-4,8H2,1-2H3;1-2H2. The smallest absolute Gasteiger partial charge is 0.359 e. The first-order valence-electron chi connectivity index (χ1n) is 7.10. The van der Waals surface area contributed by atoms with E-state index in [9.17, 15) is 26.3 Å². The molecule has 0 saturated heterocycles. The lowest BCUT2D eigenvalue weighted by atomic mass is 10.0. The number of hydrogen-bond donors (Lipinski definition) is 0. The van der Waals surface area contributed by atoms with Crippen LogP contribution in [0.2, 0.25) is 0 Å². The third kappa shape index (κ3) is 7.06. The van der Waals surface area contributed by atoms with E-state index in [4.69, 9.17) is 0 Å². The van der Waals surface area contributed by atoms with Gasteiger partial charge in [-0.25, -0.2) is 0 Å². The Morgan fingerprint density at radius 3 is 1.75 bits per heavy atom. The maximum Gasteiger partial charge on any atom is 0.416 e. The van der Waals surface area contributed by atoms with Gasteiger partial charge in [0.2, 0.25) is 0 Å². The highest BCUT2D eigenvalue weighted by atomic mass is 19.4. The average molecular weight is 354 g/mol. The van der Waals surface area contributed by atoms with Gasteiger partial charge in [-0.3, -0.25) is 4.99 Å². The molecule has 0 amide bonds. The normalized spacial score (nSPS) is 12.0. The van der Waals surface area contributed by atoms with E-state index in [-0.39, 0.29) is 18.2 Å². The van der Waals surface area contributed by atoms with Gasteiger partial charge in [0.25, 0.3) is 0 Å². The van der Waals surface area contributed by atoms with Crippen LogP contribution in [0.1, 0.15) is 30.5 Å². The summed E-state index contributed by atoms with van der Waals surface area (Å²) in [6, 6.07) is 1.59. The zero-order chi connectivity index (χ0) is 19.0. The summed E-state index contributed by atoms with van der Waals surface area (Å²) in [5, 5.41) is 0. The lowest BCUT2D eigenvalue weighted by Crippen LogP contribution is -2.22. The van der Waals surface area contributed by atoms with E-state index in [1.165, 1.54) is 6.34 Å². The van der Waals surface area contributed by atoms with E-state index in [0.29, 0.717) is 13.1 Å². The minimum Gasteiger partial charge on any atom is -0.359 e. The van der Waals surface area contributed by atoms with Crippen LogP contribution < -0.4 is 0 Å². The zero-order valence-corrected chi connectivity index (χ0v) is 13.5. The highest BCUT2D eigenvalue weighted by Gasteiger charge is 2.36. The molecule has 1 rings (SSSR count). The summed E-state index contributed by atoms with van der Waals surface area (Å²) in [5.41, 5.74) is -2.67. The van der Waals surface area contributed by atoms with Crippen molar-refractivity contribution in [2.24, 2.45) is 4.99 Å². The van der Waals surface area contributed by atoms with E-state index in [0.717, 1.165) is 12.1 Å². The molecule has 136 valence electrons. The first kappa shape index (κ1) is 22.0. The van der Waals surface area contributed by atoms with Gasteiger partial charge in [0.15, 0.2) is 0 Å². The summed E-state index contributed by atoms with van der Waals surface area (Å²) < 4.78 is 76.5. The fourth-order valence-corrected chi connectivity index (χ4v) is 1.78. The first-order valence-corrected chi connectivity index (χ1v) is 7.10. The molecule has 0 bridgehead atoms. The van der Waals surface area contributed by atoms with Crippen LogP contribution in [-0.4, -0.2) is 24.3 Å². The van der Waals surface area contributed by atoms with Crippen LogP contribution in [0.25, 0.3) is 0 Å². The van der Waals surface area contributed by atoms with Gasteiger partial charge in [0.05, 0.1) is 17.5 Å². The SMILES string of the molecule is C=C.CCN=CN(CC)Cc1cc(C(F)(F)F)cc(C(F)(F)F)c1. The van der Waals surface area contributed by atoms with Gasteiger partial charge >= 0.3 is 12.4 Å². The third-order valence-electron chi connectivity index (χ3n) is 2.87. The Bertz CT molecular complexity index is 502. The highest BCUT2D eigenvalue weighted by molar-refractivity contribution is 5.55. The lowest BCUT2D eigenvalue weighted by Gasteiger charge is -2.20. The van der Waals surface area contributed by atoms with Crippen molar-refractivity contribution in [2.75, 3.05) is 13.1 Å². The molecule has 24 heavy (non-hydrogen) atoms. The number of alkyl halides is 6. The van der Waals surface area contributed by atoms with Crippen LogP contribution in [-0.2, 0) is 18.9 Å². The van der Waals surface area contributed by atoms with E-state index < -0.39 is 23.5 Å². The van der Waals surface area contributed by atoms with Gasteiger partial charge in [-0.1, -0.05) is 0 Å². The number of hydrogen-bond acceptors (Lipinski definition) is 1. The van der Waals surface area contributed by atoms with Crippen molar-refractivity contribution in [3.05, 3.63) is 48.0 Å². The molecular formula is C16H20F6N2. The Morgan fingerprint density at radius 2 is 1.42 bits per heavy atom. The molecule has 0 radical (unpaired) electrons. The lowest BCUT2D eigenvalue weighted by molar-refractivity contribution is -0.143. The van der Waals surface area contributed by atoms with Crippen molar-refractivity contribution in [3.8, 4) is 0 Å². The first-order chi connectivity index (χ1) is 11.1. The van der Waals surface area contributed by atoms with Crippen molar-refractivity contribution >= 4 is 6.34 Å². The van der Waals surface area contributed by atoms with Gasteiger partial charge in [-0.2, -0.15) is 26.3 Å². The molecule has 0 unspecified atom stereocenters. The summed E-state index contributed by atoms with van der Waals surface area (Å²) in [6.07, 6.45) is -8.23. The molecular weight excluding hydrogens is 334 g/mol. The van der Waals surface area contributed by atoms with Crippen molar-refractivity contribution < 1.29 is 26.3 Å². The van der Waals surface area contributed by atoms with Gasteiger partial charge in [-0.05, 0) is 37.6 Å². The molecule has 0 aliphatic heterocycles. The summed E-state index contributed by atoms with van der Waals surface area (Å²) >= 11 is 0. The maximum atomic E-state index is 12.8. The van der Waals surface area contributed by atoms with Crippen LogP contribution in [0, 0.1) is 0 Å². The van der Waals surface area contributed by atoms with E-state index >= 15 is 0 Å². The Kier molecular flexibility index (Phi) is 8.57. The molecule has 2 nitrogen and oxygen atoms in total. The molecule has 0 aliphatic rings. The Hall–Kier alpha value is -1.99. The van der Waals surface area contributed by atoms with Gasteiger partial charge < -0.3 is 4.90 Å². The van der Waals surface area contributed by atoms with Crippen molar-refractivity contribution in [1.29, 1.82) is 0 Å². The van der Waals surface area contributed by atoms with Crippen LogP contribution in [0.4, 0.5) is 26.3 Å². The molecule has 0 aromatic heterocycles. The molecule has 8 heteroatoms. The number of halogens is 6. The minimum absolute atomic E-state index is 0.0634. The number of rotatable bonds is 5. The quantitative estimate of drug-likeness (QED) is 0.299. The predicted octanol–water partition coefficient (Wildman–Crippen LogP) is 5.40.